The summed E-state index contributed by atoms with van der Waals surface area (Å²) in [6, 6.07) is 13.0. The van der Waals surface area contributed by atoms with E-state index in [1.165, 1.54) is 0 Å². The fourth-order valence-corrected chi connectivity index (χ4v) is 3.00. The van der Waals surface area contributed by atoms with Gasteiger partial charge in [-0.25, -0.2) is 4.98 Å². The van der Waals surface area contributed by atoms with E-state index in [0.717, 1.165) is 24.2 Å². The Hall–Kier alpha value is -3.48. The first-order valence-corrected chi connectivity index (χ1v) is 10.9. The summed E-state index contributed by atoms with van der Waals surface area (Å²) in [5, 5.41) is 2.91. The molecule has 0 bridgehead atoms. The van der Waals surface area contributed by atoms with Crippen LogP contribution in [-0.4, -0.2) is 31.2 Å². The van der Waals surface area contributed by atoms with Gasteiger partial charge < -0.3 is 23.9 Å². The lowest BCUT2D eigenvalue weighted by atomic mass is 10.2. The number of methoxy groups -OCH3 is 1. The molecule has 1 amide bonds. The van der Waals surface area contributed by atoms with Crippen molar-refractivity contribution in [2.24, 2.45) is 0 Å². The second-order valence-corrected chi connectivity index (χ2v) is 7.25. The Kier molecular flexibility index (Phi) is 8.54. The number of aromatic nitrogens is 1. The second-order valence-electron chi connectivity index (χ2n) is 7.25. The number of benzene rings is 2. The molecule has 0 spiro atoms. The van der Waals surface area contributed by atoms with Crippen LogP contribution in [0.25, 0.3) is 11.3 Å². The summed E-state index contributed by atoms with van der Waals surface area (Å²) < 4.78 is 22.5. The van der Waals surface area contributed by atoms with Crippen LogP contribution in [0.3, 0.4) is 0 Å². The van der Waals surface area contributed by atoms with E-state index in [1.54, 1.807) is 19.4 Å². The van der Waals surface area contributed by atoms with E-state index in [4.69, 9.17) is 18.6 Å². The molecule has 0 radical (unpaired) electrons. The van der Waals surface area contributed by atoms with Gasteiger partial charge in [0.05, 0.1) is 26.5 Å². The van der Waals surface area contributed by atoms with Crippen LogP contribution < -0.4 is 19.5 Å². The van der Waals surface area contributed by atoms with Crippen molar-refractivity contribution in [1.29, 1.82) is 0 Å². The largest absolute Gasteiger partial charge is 0.497 e. The smallest absolute Gasteiger partial charge is 0.224 e. The molecule has 1 aromatic heterocycles. The minimum Gasteiger partial charge on any atom is -0.497 e. The number of carbonyl (C=O) groups is 1. The van der Waals surface area contributed by atoms with E-state index in [2.05, 4.69) is 17.2 Å². The topological polar surface area (TPSA) is 82.8 Å². The van der Waals surface area contributed by atoms with Gasteiger partial charge in [-0.15, -0.1) is 0 Å². The number of aryl methyl sites for hydroxylation is 1. The maximum atomic E-state index is 12.4. The zero-order valence-corrected chi connectivity index (χ0v) is 18.8. The number of ether oxygens (including phenoxy) is 3. The van der Waals surface area contributed by atoms with E-state index >= 15 is 0 Å². The van der Waals surface area contributed by atoms with Crippen LogP contribution in [0, 0.1) is 0 Å². The molecule has 7 heteroatoms. The SMILES string of the molecule is CCCOc1ccc(NC(=O)CCc2ncc(-c3ccc(OC)cc3)o2)cc1OCCC. The molecule has 0 aliphatic heterocycles. The molecule has 1 N–H and O–H groups in total. The Balaban J connectivity index is 1.56. The van der Waals surface area contributed by atoms with Crippen LogP contribution in [-0.2, 0) is 11.2 Å². The number of carbonyl (C=O) groups excluding carboxylic acids is 1. The first kappa shape index (κ1) is 23.2. The van der Waals surface area contributed by atoms with E-state index in [-0.39, 0.29) is 12.3 Å². The maximum absolute atomic E-state index is 12.4. The van der Waals surface area contributed by atoms with Crippen molar-refractivity contribution < 1.29 is 23.4 Å². The highest BCUT2D eigenvalue weighted by Gasteiger charge is 2.12. The number of nitrogens with one attached hydrogen (secondary N) is 1. The van der Waals surface area contributed by atoms with E-state index in [0.29, 0.717) is 48.5 Å². The summed E-state index contributed by atoms with van der Waals surface area (Å²) >= 11 is 0. The first-order valence-electron chi connectivity index (χ1n) is 10.9. The van der Waals surface area contributed by atoms with Crippen molar-refractivity contribution in [2.45, 2.75) is 39.5 Å². The monoisotopic (exact) mass is 438 g/mol. The summed E-state index contributed by atoms with van der Waals surface area (Å²) in [5.74, 6) is 3.14. The molecular weight excluding hydrogens is 408 g/mol. The minimum atomic E-state index is -0.127. The van der Waals surface area contributed by atoms with Crippen LogP contribution >= 0.6 is 0 Å². The predicted octanol–water partition coefficient (Wildman–Crippen LogP) is 5.50. The van der Waals surface area contributed by atoms with Gasteiger partial charge in [0.15, 0.2) is 23.1 Å². The Morgan fingerprint density at radius 1 is 1.00 bits per heavy atom. The highest BCUT2D eigenvalue weighted by atomic mass is 16.5. The lowest BCUT2D eigenvalue weighted by molar-refractivity contribution is -0.116. The molecular formula is C25H30N2O5. The standard InChI is InChI=1S/C25H30N2O5/c1-4-14-30-21-11-8-19(16-22(21)31-15-5-2)27-24(28)12-13-25-26-17-23(32-25)18-6-9-20(29-3)10-7-18/h6-11,16-17H,4-5,12-15H2,1-3H3,(H,27,28). The maximum Gasteiger partial charge on any atom is 0.224 e. The van der Waals surface area contributed by atoms with Gasteiger partial charge in [-0.3, -0.25) is 4.79 Å². The number of hydrogen-bond acceptors (Lipinski definition) is 6. The van der Waals surface area contributed by atoms with Crippen molar-refractivity contribution in [3.63, 3.8) is 0 Å². The van der Waals surface area contributed by atoms with E-state index in [9.17, 15) is 4.79 Å². The molecule has 1 heterocycles. The first-order chi connectivity index (χ1) is 15.6. The zero-order valence-electron chi connectivity index (χ0n) is 18.8. The van der Waals surface area contributed by atoms with Crippen LogP contribution in [0.15, 0.2) is 53.1 Å². The summed E-state index contributed by atoms with van der Waals surface area (Å²) in [4.78, 5) is 16.7. The summed E-state index contributed by atoms with van der Waals surface area (Å²) in [7, 11) is 1.63. The van der Waals surface area contributed by atoms with Gasteiger partial charge in [-0.1, -0.05) is 13.8 Å². The van der Waals surface area contributed by atoms with Gasteiger partial charge in [0.2, 0.25) is 5.91 Å². The molecule has 32 heavy (non-hydrogen) atoms. The third-order valence-electron chi connectivity index (χ3n) is 4.64. The fraction of sp³-hybridized carbons (Fsp3) is 0.360. The third kappa shape index (κ3) is 6.51. The number of anilines is 1. The van der Waals surface area contributed by atoms with Gasteiger partial charge in [-0.2, -0.15) is 0 Å². The number of rotatable bonds is 12. The normalized spacial score (nSPS) is 10.6. The zero-order chi connectivity index (χ0) is 22.8. The number of amides is 1. The average molecular weight is 439 g/mol. The molecule has 0 fully saturated rings. The van der Waals surface area contributed by atoms with Gasteiger partial charge in [-0.05, 0) is 49.2 Å². The van der Waals surface area contributed by atoms with Crippen LogP contribution in [0.1, 0.15) is 39.0 Å². The molecule has 0 aliphatic carbocycles. The predicted molar refractivity (Wildman–Crippen MR) is 123 cm³/mol. The Bertz CT molecular complexity index is 998. The lowest BCUT2D eigenvalue weighted by Gasteiger charge is -2.14. The summed E-state index contributed by atoms with van der Waals surface area (Å²) in [6.45, 7) is 5.29. The number of hydrogen-bond donors (Lipinski definition) is 1. The number of oxazole rings is 1. The molecule has 7 nitrogen and oxygen atoms in total. The summed E-state index contributed by atoms with van der Waals surface area (Å²) in [6.07, 6.45) is 4.12. The van der Waals surface area contributed by atoms with Crippen molar-refractivity contribution in [2.75, 3.05) is 25.6 Å². The molecule has 170 valence electrons. The Labute approximate surface area is 188 Å². The number of nitrogens with zero attached hydrogens (tertiary/aromatic N) is 1. The Morgan fingerprint density at radius 3 is 2.41 bits per heavy atom. The summed E-state index contributed by atoms with van der Waals surface area (Å²) in [5.41, 5.74) is 1.57. The molecule has 0 unspecified atom stereocenters. The highest BCUT2D eigenvalue weighted by molar-refractivity contribution is 5.91. The van der Waals surface area contributed by atoms with Crippen molar-refractivity contribution in [3.8, 4) is 28.6 Å². The fourth-order valence-electron chi connectivity index (χ4n) is 3.00. The molecule has 0 saturated heterocycles. The minimum absolute atomic E-state index is 0.127. The lowest BCUT2D eigenvalue weighted by Crippen LogP contribution is -2.12. The molecule has 2 aromatic carbocycles. The second kappa shape index (κ2) is 11.8. The molecule has 3 aromatic rings. The quantitative estimate of drug-likeness (QED) is 0.402. The van der Waals surface area contributed by atoms with Crippen molar-refractivity contribution in [1.82, 2.24) is 4.98 Å². The highest BCUT2D eigenvalue weighted by Crippen LogP contribution is 2.31. The molecule has 0 atom stereocenters. The van der Waals surface area contributed by atoms with Gasteiger partial charge >= 0.3 is 0 Å². The van der Waals surface area contributed by atoms with Gasteiger partial charge in [0.25, 0.3) is 0 Å². The van der Waals surface area contributed by atoms with Crippen LogP contribution in [0.5, 0.6) is 17.2 Å². The van der Waals surface area contributed by atoms with Crippen molar-refractivity contribution >= 4 is 11.6 Å². The van der Waals surface area contributed by atoms with Crippen LogP contribution in [0.2, 0.25) is 0 Å². The molecule has 0 aliphatic rings. The van der Waals surface area contributed by atoms with Gasteiger partial charge in [0, 0.05) is 30.2 Å². The molecule has 0 saturated carbocycles. The van der Waals surface area contributed by atoms with Crippen LogP contribution in [0.4, 0.5) is 5.69 Å². The van der Waals surface area contributed by atoms with E-state index < -0.39 is 0 Å². The van der Waals surface area contributed by atoms with Crippen molar-refractivity contribution in [3.05, 3.63) is 54.6 Å². The average Bonchev–Trinajstić information content (AvgIpc) is 3.30. The van der Waals surface area contributed by atoms with E-state index in [1.807, 2.05) is 43.3 Å². The van der Waals surface area contributed by atoms with Gasteiger partial charge in [0.1, 0.15) is 5.75 Å². The third-order valence-corrected chi connectivity index (χ3v) is 4.64. The Morgan fingerprint density at radius 2 is 1.72 bits per heavy atom. The molecule has 3 rings (SSSR count).